The molecule has 1 heterocycles. The van der Waals surface area contributed by atoms with Crippen molar-refractivity contribution < 1.29 is 23.0 Å². The van der Waals surface area contributed by atoms with Crippen molar-refractivity contribution in [1.82, 2.24) is 4.90 Å². The summed E-state index contributed by atoms with van der Waals surface area (Å²) >= 11 is 0. The predicted octanol–water partition coefficient (Wildman–Crippen LogP) is 1.09. The van der Waals surface area contributed by atoms with Gasteiger partial charge >= 0.3 is 6.61 Å². The van der Waals surface area contributed by atoms with Gasteiger partial charge in [-0.2, -0.15) is 8.78 Å². The second-order valence-corrected chi connectivity index (χ2v) is 4.39. The van der Waals surface area contributed by atoms with E-state index in [2.05, 4.69) is 4.74 Å². The van der Waals surface area contributed by atoms with Crippen LogP contribution in [-0.2, 0) is 4.74 Å². The molecule has 0 spiro atoms. The second-order valence-electron chi connectivity index (χ2n) is 4.39. The molecule has 0 radical (unpaired) electrons. The maximum Gasteiger partial charge on any atom is 0.387 e. The highest BCUT2D eigenvalue weighted by molar-refractivity contribution is 5.94. The first-order valence-corrected chi connectivity index (χ1v) is 6.26. The molecule has 0 bridgehead atoms. The molecule has 1 unspecified atom stereocenters. The van der Waals surface area contributed by atoms with Crippen LogP contribution in [0.3, 0.4) is 0 Å². The summed E-state index contributed by atoms with van der Waals surface area (Å²) in [5.74, 6) is -0.277. The molecule has 1 amide bonds. The van der Waals surface area contributed by atoms with Gasteiger partial charge in [-0.15, -0.1) is 0 Å². The third-order valence-electron chi connectivity index (χ3n) is 3.00. The van der Waals surface area contributed by atoms with Crippen molar-refractivity contribution in [3.05, 3.63) is 29.8 Å². The van der Waals surface area contributed by atoms with Crippen molar-refractivity contribution in [2.24, 2.45) is 5.73 Å². The van der Waals surface area contributed by atoms with Crippen LogP contribution in [0.15, 0.2) is 24.3 Å². The number of hydrogen-bond donors (Lipinski definition) is 1. The fourth-order valence-electron chi connectivity index (χ4n) is 2.03. The highest BCUT2D eigenvalue weighted by Crippen LogP contribution is 2.18. The van der Waals surface area contributed by atoms with E-state index in [1.807, 2.05) is 0 Å². The maximum absolute atomic E-state index is 12.3. The molecule has 1 aliphatic rings. The van der Waals surface area contributed by atoms with Crippen LogP contribution in [0.1, 0.15) is 10.4 Å². The number of halogens is 2. The summed E-state index contributed by atoms with van der Waals surface area (Å²) in [6, 6.07) is 5.76. The van der Waals surface area contributed by atoms with E-state index < -0.39 is 6.61 Å². The Morgan fingerprint density at radius 3 is 3.05 bits per heavy atom. The van der Waals surface area contributed by atoms with Crippen LogP contribution in [-0.4, -0.2) is 49.8 Å². The molecule has 7 heteroatoms. The highest BCUT2D eigenvalue weighted by Gasteiger charge is 2.24. The highest BCUT2D eigenvalue weighted by atomic mass is 19.3. The molecule has 1 aromatic rings. The van der Waals surface area contributed by atoms with Gasteiger partial charge in [-0.25, -0.2) is 0 Å². The maximum atomic E-state index is 12.3. The quantitative estimate of drug-likeness (QED) is 0.900. The summed E-state index contributed by atoms with van der Waals surface area (Å²) in [5, 5.41) is 0. The van der Waals surface area contributed by atoms with E-state index in [1.54, 1.807) is 11.0 Å². The van der Waals surface area contributed by atoms with E-state index in [-0.39, 0.29) is 17.8 Å². The Hall–Kier alpha value is -1.73. The molecule has 1 fully saturated rings. The molecule has 110 valence electrons. The van der Waals surface area contributed by atoms with Gasteiger partial charge in [0.05, 0.1) is 12.7 Å². The minimum Gasteiger partial charge on any atom is -0.435 e. The SMILES string of the molecule is NCC1CN(C(=O)c2cccc(OC(F)F)c2)CCO1. The summed E-state index contributed by atoms with van der Waals surface area (Å²) in [4.78, 5) is 13.9. The van der Waals surface area contributed by atoms with Gasteiger partial charge in [0.1, 0.15) is 5.75 Å². The van der Waals surface area contributed by atoms with Crippen LogP contribution in [0, 0.1) is 0 Å². The number of ether oxygens (including phenoxy) is 2. The second kappa shape index (κ2) is 6.62. The molecule has 0 aliphatic carbocycles. The van der Waals surface area contributed by atoms with E-state index in [1.165, 1.54) is 18.2 Å². The van der Waals surface area contributed by atoms with Crippen molar-refractivity contribution in [2.75, 3.05) is 26.2 Å². The molecular formula is C13H16F2N2O3. The molecule has 20 heavy (non-hydrogen) atoms. The van der Waals surface area contributed by atoms with Crippen LogP contribution >= 0.6 is 0 Å². The van der Waals surface area contributed by atoms with Gasteiger partial charge in [0.15, 0.2) is 0 Å². The molecule has 2 N–H and O–H groups in total. The first-order valence-electron chi connectivity index (χ1n) is 6.26. The van der Waals surface area contributed by atoms with Crippen molar-refractivity contribution in [3.8, 4) is 5.75 Å². The molecular weight excluding hydrogens is 270 g/mol. The average Bonchev–Trinajstić information content (AvgIpc) is 2.46. The summed E-state index contributed by atoms with van der Waals surface area (Å²) in [6.45, 7) is -1.31. The van der Waals surface area contributed by atoms with Gasteiger partial charge < -0.3 is 20.1 Å². The third-order valence-corrected chi connectivity index (χ3v) is 3.00. The van der Waals surface area contributed by atoms with Gasteiger partial charge in [0.25, 0.3) is 5.91 Å². The standard InChI is InChI=1S/C13H16F2N2O3/c14-13(15)20-10-3-1-2-9(6-10)12(18)17-4-5-19-11(7-16)8-17/h1-3,6,11,13H,4-5,7-8,16H2. The van der Waals surface area contributed by atoms with Crippen molar-refractivity contribution >= 4 is 5.91 Å². The van der Waals surface area contributed by atoms with Crippen molar-refractivity contribution in [1.29, 1.82) is 0 Å². The lowest BCUT2D eigenvalue weighted by Crippen LogP contribution is -2.48. The number of hydrogen-bond acceptors (Lipinski definition) is 4. The molecule has 2 rings (SSSR count). The number of carbonyl (C=O) groups is 1. The molecule has 1 aliphatic heterocycles. The zero-order valence-electron chi connectivity index (χ0n) is 10.8. The minimum atomic E-state index is -2.91. The lowest BCUT2D eigenvalue weighted by atomic mass is 10.1. The number of benzene rings is 1. The molecule has 5 nitrogen and oxygen atoms in total. The number of morpholine rings is 1. The number of amides is 1. The summed E-state index contributed by atoms with van der Waals surface area (Å²) < 4.78 is 34.0. The number of nitrogens with zero attached hydrogens (tertiary/aromatic N) is 1. The van der Waals surface area contributed by atoms with Gasteiger partial charge in [0.2, 0.25) is 0 Å². The monoisotopic (exact) mass is 286 g/mol. The minimum absolute atomic E-state index is 0.0329. The zero-order valence-corrected chi connectivity index (χ0v) is 10.8. The fourth-order valence-corrected chi connectivity index (χ4v) is 2.03. The van der Waals surface area contributed by atoms with Crippen LogP contribution in [0.5, 0.6) is 5.75 Å². The zero-order chi connectivity index (χ0) is 14.5. The largest absolute Gasteiger partial charge is 0.435 e. The van der Waals surface area contributed by atoms with Crippen molar-refractivity contribution in [3.63, 3.8) is 0 Å². The predicted molar refractivity (Wildman–Crippen MR) is 67.8 cm³/mol. The number of rotatable bonds is 4. The number of nitrogens with two attached hydrogens (primary N) is 1. The Balaban J connectivity index is 2.08. The van der Waals surface area contributed by atoms with E-state index >= 15 is 0 Å². The summed E-state index contributed by atoms with van der Waals surface area (Å²) in [7, 11) is 0. The number of carbonyl (C=O) groups excluding carboxylic acids is 1. The van der Waals surface area contributed by atoms with E-state index in [4.69, 9.17) is 10.5 Å². The first-order chi connectivity index (χ1) is 9.60. The molecule has 0 saturated carbocycles. The smallest absolute Gasteiger partial charge is 0.387 e. The average molecular weight is 286 g/mol. The summed E-state index contributed by atoms with van der Waals surface area (Å²) in [6.07, 6.45) is -0.187. The Labute approximate surface area is 115 Å². The van der Waals surface area contributed by atoms with Gasteiger partial charge in [-0.1, -0.05) is 6.07 Å². The van der Waals surface area contributed by atoms with E-state index in [0.29, 0.717) is 31.8 Å². The van der Waals surface area contributed by atoms with Gasteiger partial charge in [-0.3, -0.25) is 4.79 Å². The van der Waals surface area contributed by atoms with Gasteiger partial charge in [-0.05, 0) is 18.2 Å². The van der Waals surface area contributed by atoms with Crippen LogP contribution in [0.4, 0.5) is 8.78 Å². The normalized spacial score (nSPS) is 19.2. The Kier molecular flexibility index (Phi) is 4.86. The van der Waals surface area contributed by atoms with Crippen LogP contribution in [0.2, 0.25) is 0 Å². The Morgan fingerprint density at radius 2 is 2.35 bits per heavy atom. The van der Waals surface area contributed by atoms with Crippen LogP contribution < -0.4 is 10.5 Å². The van der Waals surface area contributed by atoms with E-state index in [0.717, 1.165) is 0 Å². The lowest BCUT2D eigenvalue weighted by Gasteiger charge is -2.32. The number of alkyl halides is 2. The summed E-state index contributed by atoms with van der Waals surface area (Å²) in [5.41, 5.74) is 5.82. The Bertz CT molecular complexity index is 471. The third kappa shape index (κ3) is 3.64. The molecule has 0 aromatic heterocycles. The molecule has 1 atom stereocenters. The van der Waals surface area contributed by atoms with Gasteiger partial charge in [0, 0.05) is 25.2 Å². The van der Waals surface area contributed by atoms with Crippen molar-refractivity contribution in [2.45, 2.75) is 12.7 Å². The Morgan fingerprint density at radius 1 is 1.55 bits per heavy atom. The molecule has 1 aromatic carbocycles. The first kappa shape index (κ1) is 14.7. The molecule has 1 saturated heterocycles. The lowest BCUT2D eigenvalue weighted by molar-refractivity contribution is -0.0499. The topological polar surface area (TPSA) is 64.8 Å². The van der Waals surface area contributed by atoms with E-state index in [9.17, 15) is 13.6 Å². The van der Waals surface area contributed by atoms with Crippen LogP contribution in [0.25, 0.3) is 0 Å². The fraction of sp³-hybridized carbons (Fsp3) is 0.462.